The number of benzene rings is 1. The lowest BCUT2D eigenvalue weighted by molar-refractivity contribution is 0.687. The van der Waals surface area contributed by atoms with Crippen LogP contribution in [0, 0.1) is 0 Å². The number of rotatable bonds is 2. The van der Waals surface area contributed by atoms with Gasteiger partial charge in [-0.3, -0.25) is 4.21 Å². The van der Waals surface area contributed by atoms with Crippen LogP contribution < -0.4 is 0 Å². The van der Waals surface area contributed by atoms with Crippen LogP contribution in [0.25, 0.3) is 0 Å². The molecule has 3 heteroatoms. The van der Waals surface area contributed by atoms with E-state index in [0.29, 0.717) is 5.88 Å². The van der Waals surface area contributed by atoms with Gasteiger partial charge in [0.15, 0.2) is 0 Å². The van der Waals surface area contributed by atoms with Crippen molar-refractivity contribution in [3.63, 3.8) is 0 Å². The molecule has 1 aromatic carbocycles. The van der Waals surface area contributed by atoms with Crippen LogP contribution in [0.5, 0.6) is 0 Å². The third-order valence-corrected chi connectivity index (χ3v) is 2.65. The van der Waals surface area contributed by atoms with Gasteiger partial charge in [-0.15, -0.1) is 11.6 Å². The topological polar surface area (TPSA) is 17.1 Å². The van der Waals surface area contributed by atoms with Crippen molar-refractivity contribution in [2.45, 2.75) is 10.8 Å². The van der Waals surface area contributed by atoms with E-state index in [9.17, 15) is 4.21 Å². The molecule has 0 saturated heterocycles. The molecule has 0 fully saturated rings. The van der Waals surface area contributed by atoms with Crippen LogP contribution in [0.2, 0.25) is 0 Å². The Morgan fingerprint density at radius 2 is 1.91 bits per heavy atom. The van der Waals surface area contributed by atoms with Crippen molar-refractivity contribution in [2.24, 2.45) is 0 Å². The average Bonchev–Trinajstić information content (AvgIpc) is 2.05. The van der Waals surface area contributed by atoms with E-state index in [0.717, 1.165) is 10.5 Å². The fraction of sp³-hybridized carbons (Fsp3) is 0.250. The van der Waals surface area contributed by atoms with E-state index in [-0.39, 0.29) is 0 Å². The molecule has 0 bridgehead atoms. The Labute approximate surface area is 73.8 Å². The van der Waals surface area contributed by atoms with E-state index in [2.05, 4.69) is 0 Å². The van der Waals surface area contributed by atoms with Gasteiger partial charge in [-0.25, -0.2) is 0 Å². The molecule has 1 nitrogen and oxygen atoms in total. The first kappa shape index (κ1) is 8.75. The zero-order valence-electron chi connectivity index (χ0n) is 6.21. The number of alkyl halides is 1. The molecule has 0 aliphatic carbocycles. The first-order valence-corrected chi connectivity index (χ1v) is 5.31. The normalized spacial score (nSPS) is 12.9. The van der Waals surface area contributed by atoms with Gasteiger partial charge in [0.2, 0.25) is 0 Å². The molecule has 0 unspecified atom stereocenters. The lowest BCUT2D eigenvalue weighted by Gasteiger charge is -1.96. The van der Waals surface area contributed by atoms with Gasteiger partial charge in [-0.2, -0.15) is 0 Å². The van der Waals surface area contributed by atoms with Crippen LogP contribution >= 0.6 is 11.6 Å². The third-order valence-electron chi connectivity index (χ3n) is 1.41. The van der Waals surface area contributed by atoms with Gasteiger partial charge >= 0.3 is 0 Å². The van der Waals surface area contributed by atoms with Gasteiger partial charge in [-0.1, -0.05) is 12.1 Å². The summed E-state index contributed by atoms with van der Waals surface area (Å²) < 4.78 is 10.9. The molecule has 0 N–H and O–H groups in total. The molecule has 0 aliphatic rings. The van der Waals surface area contributed by atoms with Crippen molar-refractivity contribution in [1.82, 2.24) is 0 Å². The molecule has 60 valence electrons. The van der Waals surface area contributed by atoms with E-state index in [1.807, 2.05) is 24.3 Å². The van der Waals surface area contributed by atoms with Crippen LogP contribution in [0.4, 0.5) is 0 Å². The highest BCUT2D eigenvalue weighted by atomic mass is 35.5. The Hall–Kier alpha value is -0.340. The number of halogens is 1. The van der Waals surface area contributed by atoms with E-state index in [1.54, 1.807) is 6.26 Å². The molecule has 0 spiro atoms. The molecule has 0 radical (unpaired) electrons. The molecule has 0 heterocycles. The smallest absolute Gasteiger partial charge is 0.0498 e. The van der Waals surface area contributed by atoms with Crippen LogP contribution in [0.15, 0.2) is 29.2 Å². The molecule has 1 rings (SSSR count). The zero-order chi connectivity index (χ0) is 8.27. The number of hydrogen-bond acceptors (Lipinski definition) is 1. The molecular weight excluding hydrogens is 180 g/mol. The fourth-order valence-corrected chi connectivity index (χ4v) is 1.47. The van der Waals surface area contributed by atoms with Crippen LogP contribution in [-0.2, 0) is 16.7 Å². The number of hydrogen-bond donors (Lipinski definition) is 0. The van der Waals surface area contributed by atoms with Crippen LogP contribution in [-0.4, -0.2) is 10.5 Å². The predicted octanol–water partition coefficient (Wildman–Crippen LogP) is 2.16. The summed E-state index contributed by atoms with van der Waals surface area (Å²) in [5.41, 5.74) is 1.06. The van der Waals surface area contributed by atoms with Crippen LogP contribution in [0.1, 0.15) is 5.56 Å². The predicted molar refractivity (Wildman–Crippen MR) is 48.3 cm³/mol. The van der Waals surface area contributed by atoms with E-state index >= 15 is 0 Å². The monoisotopic (exact) mass is 188 g/mol. The van der Waals surface area contributed by atoms with Gasteiger partial charge in [0, 0.05) is 27.8 Å². The molecule has 0 saturated carbocycles. The summed E-state index contributed by atoms with van der Waals surface area (Å²) in [5.74, 6) is 0.511. The third kappa shape index (κ3) is 2.31. The van der Waals surface area contributed by atoms with E-state index < -0.39 is 10.8 Å². The van der Waals surface area contributed by atoms with E-state index in [4.69, 9.17) is 11.6 Å². The maximum absolute atomic E-state index is 10.9. The standard InChI is InChI=1S/C8H9ClOS/c1-11(10)8-4-2-7(6-9)3-5-8/h2-5H,6H2,1H3/t11-/m1/s1. The van der Waals surface area contributed by atoms with Crippen molar-refractivity contribution < 1.29 is 4.21 Å². The molecule has 0 aromatic heterocycles. The van der Waals surface area contributed by atoms with Gasteiger partial charge in [0.1, 0.15) is 0 Å². The Bertz CT molecular complexity index is 255. The second-order valence-corrected chi connectivity index (χ2v) is 3.88. The van der Waals surface area contributed by atoms with E-state index in [1.165, 1.54) is 0 Å². The summed E-state index contributed by atoms with van der Waals surface area (Å²) in [6.45, 7) is 0. The molecule has 1 aromatic rings. The molecule has 11 heavy (non-hydrogen) atoms. The zero-order valence-corrected chi connectivity index (χ0v) is 7.78. The lowest BCUT2D eigenvalue weighted by atomic mass is 10.2. The first-order chi connectivity index (χ1) is 5.24. The first-order valence-electron chi connectivity index (χ1n) is 3.22. The Morgan fingerprint density at radius 3 is 2.27 bits per heavy atom. The molecule has 0 aliphatic heterocycles. The molecule has 1 atom stereocenters. The van der Waals surface area contributed by atoms with Gasteiger partial charge in [-0.05, 0) is 17.7 Å². The highest BCUT2D eigenvalue weighted by Gasteiger charge is 1.95. The Kier molecular flexibility index (Phi) is 3.09. The molecular formula is C8H9ClOS. The lowest BCUT2D eigenvalue weighted by Crippen LogP contribution is -1.86. The second-order valence-electron chi connectivity index (χ2n) is 2.23. The largest absolute Gasteiger partial charge is 0.255 e. The second kappa shape index (κ2) is 3.88. The fourth-order valence-electron chi connectivity index (χ4n) is 0.770. The minimum Gasteiger partial charge on any atom is -0.255 e. The highest BCUT2D eigenvalue weighted by Crippen LogP contribution is 2.08. The summed E-state index contributed by atoms with van der Waals surface area (Å²) in [6, 6.07) is 7.47. The highest BCUT2D eigenvalue weighted by molar-refractivity contribution is 7.84. The SMILES string of the molecule is C[S@@](=O)c1ccc(CCl)cc1. The van der Waals surface area contributed by atoms with Crippen molar-refractivity contribution >= 4 is 22.4 Å². The van der Waals surface area contributed by atoms with Crippen LogP contribution in [0.3, 0.4) is 0 Å². The summed E-state index contributed by atoms with van der Waals surface area (Å²) >= 11 is 5.58. The van der Waals surface area contributed by atoms with Gasteiger partial charge in [0.25, 0.3) is 0 Å². The molecule has 0 amide bonds. The quantitative estimate of drug-likeness (QED) is 0.651. The average molecular weight is 189 g/mol. The minimum absolute atomic E-state index is 0.511. The summed E-state index contributed by atoms with van der Waals surface area (Å²) in [4.78, 5) is 0.846. The minimum atomic E-state index is -0.882. The maximum Gasteiger partial charge on any atom is 0.0498 e. The van der Waals surface area contributed by atoms with Gasteiger partial charge in [0.05, 0.1) is 0 Å². The summed E-state index contributed by atoms with van der Waals surface area (Å²) in [6.07, 6.45) is 1.66. The Morgan fingerprint density at radius 1 is 1.36 bits per heavy atom. The summed E-state index contributed by atoms with van der Waals surface area (Å²) in [5, 5.41) is 0. The van der Waals surface area contributed by atoms with Crippen molar-refractivity contribution in [3.05, 3.63) is 29.8 Å². The van der Waals surface area contributed by atoms with Gasteiger partial charge < -0.3 is 0 Å². The van der Waals surface area contributed by atoms with Crippen molar-refractivity contribution in [3.8, 4) is 0 Å². The van der Waals surface area contributed by atoms with Crippen molar-refractivity contribution in [1.29, 1.82) is 0 Å². The maximum atomic E-state index is 10.9. The summed E-state index contributed by atoms with van der Waals surface area (Å²) in [7, 11) is -0.882. The Balaban J connectivity index is 2.91. The van der Waals surface area contributed by atoms with Crippen molar-refractivity contribution in [2.75, 3.05) is 6.26 Å².